The van der Waals surface area contributed by atoms with Gasteiger partial charge in [-0.3, -0.25) is 9.59 Å². The lowest BCUT2D eigenvalue weighted by molar-refractivity contribution is -0.136. The van der Waals surface area contributed by atoms with Crippen LogP contribution in [0.25, 0.3) is 0 Å². The Balaban J connectivity index is 1.94. The van der Waals surface area contributed by atoms with Crippen LogP contribution in [0.15, 0.2) is 48.5 Å². The third kappa shape index (κ3) is 4.08. The number of carbonyl (C=O) groups is 2. The number of nitriles is 1. The molecule has 2 amide bonds. The molecule has 0 saturated carbocycles. The molecule has 110 valence electrons. The van der Waals surface area contributed by atoms with E-state index in [1.54, 1.807) is 42.5 Å². The molecule has 0 atom stereocenters. The standard InChI is InChI=1S/C16H12ClN3O2/c17-14-7-2-1-5-12(14)10-19-15(21)16(22)20-13-6-3-4-11(8-13)9-18/h1-8H,10H2,(H,19,21)(H,20,22). The van der Waals surface area contributed by atoms with Gasteiger partial charge in [0.15, 0.2) is 0 Å². The lowest BCUT2D eigenvalue weighted by atomic mass is 10.2. The molecule has 22 heavy (non-hydrogen) atoms. The highest BCUT2D eigenvalue weighted by Crippen LogP contribution is 2.14. The van der Waals surface area contributed by atoms with E-state index in [0.717, 1.165) is 5.56 Å². The Bertz CT molecular complexity index is 753. The molecular formula is C16H12ClN3O2. The fourth-order valence-electron chi connectivity index (χ4n) is 1.75. The van der Waals surface area contributed by atoms with Crippen LogP contribution in [0.1, 0.15) is 11.1 Å². The van der Waals surface area contributed by atoms with Gasteiger partial charge in [0.05, 0.1) is 11.6 Å². The second kappa shape index (κ2) is 7.25. The maximum absolute atomic E-state index is 11.8. The van der Waals surface area contributed by atoms with E-state index in [-0.39, 0.29) is 6.54 Å². The van der Waals surface area contributed by atoms with Crippen molar-refractivity contribution in [2.45, 2.75) is 6.54 Å². The first-order chi connectivity index (χ1) is 10.6. The van der Waals surface area contributed by atoms with Gasteiger partial charge in [0.1, 0.15) is 0 Å². The number of anilines is 1. The first-order valence-electron chi connectivity index (χ1n) is 6.43. The predicted octanol–water partition coefficient (Wildman–Crippen LogP) is 2.47. The molecular weight excluding hydrogens is 302 g/mol. The van der Waals surface area contributed by atoms with Gasteiger partial charge in [0, 0.05) is 17.3 Å². The highest BCUT2D eigenvalue weighted by molar-refractivity contribution is 6.39. The summed E-state index contributed by atoms with van der Waals surface area (Å²) in [7, 11) is 0. The Hall–Kier alpha value is -2.84. The molecule has 0 aliphatic rings. The van der Waals surface area contributed by atoms with Crippen LogP contribution in [0.2, 0.25) is 5.02 Å². The first-order valence-corrected chi connectivity index (χ1v) is 6.80. The van der Waals surface area contributed by atoms with Gasteiger partial charge in [-0.2, -0.15) is 5.26 Å². The molecule has 2 rings (SSSR count). The topological polar surface area (TPSA) is 82.0 Å². The van der Waals surface area contributed by atoms with Gasteiger partial charge >= 0.3 is 11.8 Å². The Morgan fingerprint density at radius 3 is 2.59 bits per heavy atom. The smallest absolute Gasteiger partial charge is 0.313 e. The number of hydrogen-bond acceptors (Lipinski definition) is 3. The number of carbonyl (C=O) groups excluding carboxylic acids is 2. The zero-order valence-corrected chi connectivity index (χ0v) is 12.2. The van der Waals surface area contributed by atoms with Crippen molar-refractivity contribution in [2.24, 2.45) is 0 Å². The number of nitrogens with one attached hydrogen (secondary N) is 2. The van der Waals surface area contributed by atoms with Crippen molar-refractivity contribution in [3.05, 3.63) is 64.7 Å². The zero-order valence-electron chi connectivity index (χ0n) is 11.5. The van der Waals surface area contributed by atoms with Crippen LogP contribution in [-0.4, -0.2) is 11.8 Å². The summed E-state index contributed by atoms with van der Waals surface area (Å²) in [5, 5.41) is 14.2. The summed E-state index contributed by atoms with van der Waals surface area (Å²) >= 11 is 5.97. The number of benzene rings is 2. The van der Waals surface area contributed by atoms with Crippen LogP contribution in [0.3, 0.4) is 0 Å². The number of nitrogens with zero attached hydrogens (tertiary/aromatic N) is 1. The minimum absolute atomic E-state index is 0.157. The van der Waals surface area contributed by atoms with E-state index in [0.29, 0.717) is 16.3 Å². The fraction of sp³-hybridized carbons (Fsp3) is 0.0625. The molecule has 0 aliphatic heterocycles. The predicted molar refractivity (Wildman–Crippen MR) is 83.1 cm³/mol. The molecule has 0 unspecified atom stereocenters. The maximum atomic E-state index is 11.8. The summed E-state index contributed by atoms with van der Waals surface area (Å²) in [6, 6.07) is 15.3. The summed E-state index contributed by atoms with van der Waals surface area (Å²) in [5.74, 6) is -1.58. The lowest BCUT2D eigenvalue weighted by Gasteiger charge is -2.07. The Morgan fingerprint density at radius 2 is 1.86 bits per heavy atom. The molecule has 0 heterocycles. The number of halogens is 1. The Kier molecular flexibility index (Phi) is 5.12. The number of rotatable bonds is 3. The van der Waals surface area contributed by atoms with Gasteiger partial charge in [-0.05, 0) is 29.8 Å². The van der Waals surface area contributed by atoms with Gasteiger partial charge in [0.25, 0.3) is 0 Å². The largest absolute Gasteiger partial charge is 0.344 e. The van der Waals surface area contributed by atoms with Crippen LogP contribution in [0.5, 0.6) is 0 Å². The van der Waals surface area contributed by atoms with E-state index in [9.17, 15) is 9.59 Å². The van der Waals surface area contributed by atoms with Gasteiger partial charge in [0.2, 0.25) is 0 Å². The summed E-state index contributed by atoms with van der Waals surface area (Å²) in [4.78, 5) is 23.5. The SMILES string of the molecule is N#Cc1cccc(NC(=O)C(=O)NCc2ccccc2Cl)c1. The number of hydrogen-bond donors (Lipinski definition) is 2. The van der Waals surface area contributed by atoms with Gasteiger partial charge in [-0.1, -0.05) is 35.9 Å². The summed E-state index contributed by atoms with van der Waals surface area (Å²) in [6.45, 7) is 0.157. The van der Waals surface area contributed by atoms with Gasteiger partial charge in [-0.25, -0.2) is 0 Å². The summed E-state index contributed by atoms with van der Waals surface area (Å²) < 4.78 is 0. The van der Waals surface area contributed by atoms with E-state index in [2.05, 4.69) is 10.6 Å². The minimum Gasteiger partial charge on any atom is -0.344 e. The van der Waals surface area contributed by atoms with Gasteiger partial charge in [-0.15, -0.1) is 0 Å². The molecule has 0 aliphatic carbocycles. The third-order valence-corrected chi connectivity index (χ3v) is 3.22. The third-order valence-electron chi connectivity index (χ3n) is 2.85. The van der Waals surface area contributed by atoms with Crippen LogP contribution in [0.4, 0.5) is 5.69 Å². The molecule has 0 fully saturated rings. The molecule has 0 spiro atoms. The lowest BCUT2D eigenvalue weighted by Crippen LogP contribution is -2.35. The van der Waals surface area contributed by atoms with Crippen molar-refractivity contribution in [3.8, 4) is 6.07 Å². The Labute approximate surface area is 132 Å². The average molecular weight is 314 g/mol. The summed E-state index contributed by atoms with van der Waals surface area (Å²) in [6.07, 6.45) is 0. The highest BCUT2D eigenvalue weighted by Gasteiger charge is 2.14. The maximum Gasteiger partial charge on any atom is 0.313 e. The van der Waals surface area contributed by atoms with E-state index in [4.69, 9.17) is 16.9 Å². The van der Waals surface area contributed by atoms with Crippen LogP contribution in [0, 0.1) is 11.3 Å². The second-order valence-electron chi connectivity index (χ2n) is 4.42. The van der Waals surface area contributed by atoms with Crippen molar-refractivity contribution >= 4 is 29.1 Å². The van der Waals surface area contributed by atoms with Crippen LogP contribution >= 0.6 is 11.6 Å². The quantitative estimate of drug-likeness (QED) is 0.854. The van der Waals surface area contributed by atoms with E-state index < -0.39 is 11.8 Å². The average Bonchev–Trinajstić information content (AvgIpc) is 2.54. The van der Waals surface area contributed by atoms with Crippen molar-refractivity contribution < 1.29 is 9.59 Å². The molecule has 6 heteroatoms. The van der Waals surface area contributed by atoms with Crippen LogP contribution in [-0.2, 0) is 16.1 Å². The highest BCUT2D eigenvalue weighted by atomic mass is 35.5. The normalized spacial score (nSPS) is 9.64. The van der Waals surface area contributed by atoms with Crippen molar-refractivity contribution in [3.63, 3.8) is 0 Å². The first kappa shape index (κ1) is 15.5. The van der Waals surface area contributed by atoms with Crippen molar-refractivity contribution in [1.82, 2.24) is 5.32 Å². The monoisotopic (exact) mass is 313 g/mol. The van der Waals surface area contributed by atoms with Crippen molar-refractivity contribution in [2.75, 3.05) is 5.32 Å². The van der Waals surface area contributed by atoms with Crippen molar-refractivity contribution in [1.29, 1.82) is 5.26 Å². The van der Waals surface area contributed by atoms with E-state index in [1.807, 2.05) is 6.07 Å². The molecule has 0 saturated heterocycles. The molecule has 2 aromatic carbocycles. The van der Waals surface area contributed by atoms with Gasteiger partial charge < -0.3 is 10.6 Å². The van der Waals surface area contributed by atoms with E-state index >= 15 is 0 Å². The molecule has 0 bridgehead atoms. The Morgan fingerprint density at radius 1 is 1.09 bits per heavy atom. The van der Waals surface area contributed by atoms with Crippen LogP contribution < -0.4 is 10.6 Å². The van der Waals surface area contributed by atoms with E-state index in [1.165, 1.54) is 6.07 Å². The zero-order chi connectivity index (χ0) is 15.9. The number of amides is 2. The minimum atomic E-state index is -0.804. The summed E-state index contributed by atoms with van der Waals surface area (Å²) in [5.41, 5.74) is 1.50. The molecule has 0 aromatic heterocycles. The molecule has 2 N–H and O–H groups in total. The second-order valence-corrected chi connectivity index (χ2v) is 4.83. The fourth-order valence-corrected chi connectivity index (χ4v) is 1.95. The molecule has 2 aromatic rings. The molecule has 5 nitrogen and oxygen atoms in total. The molecule has 0 radical (unpaired) electrons.